The largest absolute Gasteiger partial charge is 0.476 e. The fraction of sp³-hybridized carbons (Fsp3) is 0.188. The highest BCUT2D eigenvalue weighted by Crippen LogP contribution is 2.46. The van der Waals surface area contributed by atoms with E-state index in [-0.39, 0.29) is 16.8 Å². The highest BCUT2D eigenvalue weighted by atomic mass is 19.4. The van der Waals surface area contributed by atoms with Crippen molar-refractivity contribution < 1.29 is 36.2 Å². The Balaban J connectivity index is 2.35. The Morgan fingerprint density at radius 1 is 1.21 bits per heavy atom. The fourth-order valence-electron chi connectivity index (χ4n) is 2.58. The van der Waals surface area contributed by atoms with E-state index in [2.05, 4.69) is 10.1 Å². The molecule has 1 aromatic carbocycles. The number of nitrogens with zero attached hydrogens (tertiary/aromatic N) is 2. The fourth-order valence-corrected chi connectivity index (χ4v) is 2.58. The third kappa shape index (κ3) is 2.90. The number of halogens is 6. The van der Waals surface area contributed by atoms with Crippen LogP contribution in [0.1, 0.15) is 21.6 Å². The van der Waals surface area contributed by atoms with Gasteiger partial charge in [0.2, 0.25) is 0 Å². The number of alkyl halides is 5. The molecule has 12 heteroatoms. The van der Waals surface area contributed by atoms with Crippen molar-refractivity contribution >= 4 is 11.5 Å². The van der Waals surface area contributed by atoms with Crippen molar-refractivity contribution in [3.8, 4) is 11.3 Å². The van der Waals surface area contributed by atoms with Crippen molar-refractivity contribution in [2.75, 3.05) is 0 Å². The standard InChI is InChI=1S/C16H9F6N3O3/c1-6-2-3-7(4-8(6)17)9-5-25-12(13(26)23-9)10(11(24-25)14(27)28)15(18,19)16(20,21)22/h2-5H,1H3,(H,23,26)(H,27,28). The molecular weight excluding hydrogens is 396 g/mol. The summed E-state index contributed by atoms with van der Waals surface area (Å²) in [6, 6.07) is 3.71. The molecule has 0 fully saturated rings. The normalized spacial score (nSPS) is 12.5. The van der Waals surface area contributed by atoms with E-state index >= 15 is 0 Å². The van der Waals surface area contributed by atoms with Gasteiger partial charge in [0.15, 0.2) is 5.69 Å². The molecule has 0 bridgehead atoms. The second-order valence-electron chi connectivity index (χ2n) is 5.85. The Labute approximate surface area is 151 Å². The smallest absolute Gasteiger partial charge is 0.458 e. The summed E-state index contributed by atoms with van der Waals surface area (Å²) in [6.07, 6.45) is -5.34. The summed E-state index contributed by atoms with van der Waals surface area (Å²) in [5.41, 5.74) is -6.26. The number of H-pyrrole nitrogens is 1. The Morgan fingerprint density at radius 3 is 2.39 bits per heavy atom. The zero-order valence-corrected chi connectivity index (χ0v) is 13.7. The van der Waals surface area contributed by atoms with Crippen LogP contribution in [0.15, 0.2) is 29.2 Å². The van der Waals surface area contributed by atoms with Crippen molar-refractivity contribution in [1.82, 2.24) is 14.6 Å². The molecule has 0 saturated carbocycles. The lowest BCUT2D eigenvalue weighted by molar-refractivity contribution is -0.288. The molecule has 0 radical (unpaired) electrons. The lowest BCUT2D eigenvalue weighted by atomic mass is 10.1. The number of aromatic carboxylic acids is 1. The van der Waals surface area contributed by atoms with E-state index in [4.69, 9.17) is 5.11 Å². The lowest BCUT2D eigenvalue weighted by Gasteiger charge is -2.19. The lowest BCUT2D eigenvalue weighted by Crippen LogP contribution is -2.35. The van der Waals surface area contributed by atoms with Gasteiger partial charge in [-0.25, -0.2) is 13.7 Å². The van der Waals surface area contributed by atoms with E-state index in [1.165, 1.54) is 19.1 Å². The van der Waals surface area contributed by atoms with Crippen LogP contribution in [0, 0.1) is 12.7 Å². The molecule has 0 amide bonds. The Kier molecular flexibility index (Phi) is 4.24. The third-order valence-electron chi connectivity index (χ3n) is 3.98. The van der Waals surface area contributed by atoms with Gasteiger partial charge in [0.25, 0.3) is 5.56 Å². The van der Waals surface area contributed by atoms with E-state index in [1.807, 2.05) is 0 Å². The first-order valence-electron chi connectivity index (χ1n) is 7.45. The van der Waals surface area contributed by atoms with Gasteiger partial charge in [-0.05, 0) is 18.6 Å². The third-order valence-corrected chi connectivity index (χ3v) is 3.98. The van der Waals surface area contributed by atoms with Crippen LogP contribution < -0.4 is 5.56 Å². The van der Waals surface area contributed by atoms with Crippen molar-refractivity contribution in [3.05, 3.63) is 57.4 Å². The number of aromatic nitrogens is 3. The molecule has 2 aromatic heterocycles. The van der Waals surface area contributed by atoms with Crippen LogP contribution in [0.4, 0.5) is 26.3 Å². The molecule has 2 heterocycles. The molecule has 0 aliphatic rings. The maximum absolute atomic E-state index is 13.9. The average Bonchev–Trinajstić information content (AvgIpc) is 2.97. The van der Waals surface area contributed by atoms with E-state index in [1.54, 1.807) is 0 Å². The first-order valence-corrected chi connectivity index (χ1v) is 7.45. The van der Waals surface area contributed by atoms with Gasteiger partial charge in [-0.3, -0.25) is 4.79 Å². The van der Waals surface area contributed by atoms with Crippen LogP contribution >= 0.6 is 0 Å². The monoisotopic (exact) mass is 405 g/mol. The van der Waals surface area contributed by atoms with Crippen molar-refractivity contribution in [3.63, 3.8) is 0 Å². The van der Waals surface area contributed by atoms with Crippen molar-refractivity contribution in [1.29, 1.82) is 0 Å². The van der Waals surface area contributed by atoms with Gasteiger partial charge in [-0.2, -0.15) is 27.1 Å². The summed E-state index contributed by atoms with van der Waals surface area (Å²) in [6.45, 7) is 1.46. The number of nitrogens with one attached hydrogen (secondary N) is 1. The SMILES string of the molecule is Cc1ccc(-c2cn3nc(C(=O)O)c(C(F)(F)C(F)(F)F)c3c(=O)[nH]2)cc1F. The van der Waals surface area contributed by atoms with Crippen LogP contribution in [0.5, 0.6) is 0 Å². The first-order chi connectivity index (χ1) is 12.8. The molecule has 0 aliphatic heterocycles. The van der Waals surface area contributed by atoms with Gasteiger partial charge < -0.3 is 10.1 Å². The van der Waals surface area contributed by atoms with Crippen LogP contribution in [0.3, 0.4) is 0 Å². The Hall–Kier alpha value is -3.31. The van der Waals surface area contributed by atoms with Gasteiger partial charge in [0.05, 0.1) is 17.5 Å². The van der Waals surface area contributed by atoms with Gasteiger partial charge in [0.1, 0.15) is 11.3 Å². The van der Waals surface area contributed by atoms with Gasteiger partial charge in [-0.15, -0.1) is 0 Å². The molecule has 3 rings (SSSR count). The van der Waals surface area contributed by atoms with E-state index < -0.39 is 46.2 Å². The van der Waals surface area contributed by atoms with Crippen LogP contribution in [-0.4, -0.2) is 31.9 Å². The predicted molar refractivity (Wildman–Crippen MR) is 82.9 cm³/mol. The number of aromatic amines is 1. The summed E-state index contributed by atoms with van der Waals surface area (Å²) in [4.78, 5) is 25.5. The highest BCUT2D eigenvalue weighted by Gasteiger charge is 2.62. The maximum atomic E-state index is 13.9. The second kappa shape index (κ2) is 6.11. The molecule has 0 aliphatic carbocycles. The molecule has 3 aromatic rings. The summed E-state index contributed by atoms with van der Waals surface area (Å²) in [5, 5.41) is 12.2. The van der Waals surface area contributed by atoms with Gasteiger partial charge in [0, 0.05) is 5.56 Å². The molecule has 0 saturated heterocycles. The van der Waals surface area contributed by atoms with E-state index in [0.717, 1.165) is 12.3 Å². The number of hydrogen-bond donors (Lipinski definition) is 2. The molecule has 6 nitrogen and oxygen atoms in total. The molecule has 148 valence electrons. The molecule has 0 unspecified atom stereocenters. The summed E-state index contributed by atoms with van der Waals surface area (Å²) >= 11 is 0. The molecule has 0 atom stereocenters. The van der Waals surface area contributed by atoms with Crippen molar-refractivity contribution in [2.45, 2.75) is 19.0 Å². The first kappa shape index (κ1) is 19.5. The minimum Gasteiger partial charge on any atom is -0.476 e. The number of benzene rings is 1. The topological polar surface area (TPSA) is 87.5 Å². The Bertz CT molecular complexity index is 1160. The van der Waals surface area contributed by atoms with E-state index in [0.29, 0.717) is 4.52 Å². The zero-order chi connectivity index (χ0) is 21.0. The van der Waals surface area contributed by atoms with Crippen molar-refractivity contribution in [2.24, 2.45) is 0 Å². The number of carboxylic acids is 1. The van der Waals surface area contributed by atoms with Gasteiger partial charge >= 0.3 is 18.1 Å². The molecule has 28 heavy (non-hydrogen) atoms. The quantitative estimate of drug-likeness (QED) is 0.653. The highest BCUT2D eigenvalue weighted by molar-refractivity contribution is 5.90. The number of fused-ring (bicyclic) bond motifs is 1. The second-order valence-corrected chi connectivity index (χ2v) is 5.85. The minimum absolute atomic E-state index is 0.0682. The summed E-state index contributed by atoms with van der Waals surface area (Å²) < 4.78 is 80.2. The number of carboxylic acid groups (broad SMARTS) is 1. The summed E-state index contributed by atoms with van der Waals surface area (Å²) in [5.74, 6) is -8.48. The molecule has 2 N–H and O–H groups in total. The number of carbonyl (C=O) groups is 1. The number of aryl methyl sites for hydroxylation is 1. The van der Waals surface area contributed by atoms with E-state index in [9.17, 15) is 35.9 Å². The number of rotatable bonds is 3. The zero-order valence-electron chi connectivity index (χ0n) is 13.7. The maximum Gasteiger partial charge on any atom is 0.458 e. The molecule has 0 spiro atoms. The van der Waals surface area contributed by atoms with Crippen LogP contribution in [0.25, 0.3) is 16.8 Å². The number of hydrogen-bond acceptors (Lipinski definition) is 3. The summed E-state index contributed by atoms with van der Waals surface area (Å²) in [7, 11) is 0. The van der Waals surface area contributed by atoms with Crippen LogP contribution in [-0.2, 0) is 5.92 Å². The average molecular weight is 405 g/mol. The Morgan fingerprint density at radius 2 is 1.86 bits per heavy atom. The van der Waals surface area contributed by atoms with Gasteiger partial charge in [-0.1, -0.05) is 12.1 Å². The van der Waals surface area contributed by atoms with Crippen LogP contribution in [0.2, 0.25) is 0 Å². The minimum atomic E-state index is -6.16. The predicted octanol–water partition coefficient (Wildman–Crippen LogP) is 3.49. The molecular formula is C16H9F6N3O3.